The van der Waals surface area contributed by atoms with Crippen LogP contribution in [0.1, 0.15) is 16.7 Å². The molecule has 0 heterocycles. The van der Waals surface area contributed by atoms with Crippen LogP contribution in [-0.2, 0) is 28.5 Å². The first kappa shape index (κ1) is 21.8. The molecule has 0 spiro atoms. The second kappa shape index (κ2) is 9.75. The number of hydrogen-bond donors (Lipinski definition) is 1. The second-order valence-electron chi connectivity index (χ2n) is 6.52. The van der Waals surface area contributed by atoms with Gasteiger partial charge in [0.05, 0.1) is 13.2 Å². The molecule has 3 aromatic carbocycles. The van der Waals surface area contributed by atoms with Crippen LogP contribution in [0.4, 0.5) is 13.2 Å². The predicted molar refractivity (Wildman–Crippen MR) is 104 cm³/mol. The summed E-state index contributed by atoms with van der Waals surface area (Å²) in [6.07, 6.45) is -4.37. The van der Waals surface area contributed by atoms with Gasteiger partial charge < -0.3 is 19.3 Å². The van der Waals surface area contributed by atoms with E-state index in [1.54, 1.807) is 12.1 Å². The van der Waals surface area contributed by atoms with Crippen LogP contribution in [0.3, 0.4) is 0 Å². The maximum atomic E-state index is 12.6. The van der Waals surface area contributed by atoms with Crippen LogP contribution in [0.25, 0.3) is 0 Å². The number of benzene rings is 3. The van der Waals surface area contributed by atoms with Crippen molar-refractivity contribution in [1.82, 2.24) is 0 Å². The Hall–Kier alpha value is -2.87. The van der Waals surface area contributed by atoms with Crippen molar-refractivity contribution in [3.63, 3.8) is 0 Å². The fourth-order valence-corrected chi connectivity index (χ4v) is 2.81. The zero-order chi connectivity index (χ0) is 21.5. The van der Waals surface area contributed by atoms with Gasteiger partial charge in [-0.15, -0.1) is 13.2 Å². The maximum absolute atomic E-state index is 12.6. The van der Waals surface area contributed by atoms with E-state index in [1.165, 1.54) is 12.1 Å². The number of rotatable bonds is 9. The van der Waals surface area contributed by atoms with E-state index >= 15 is 0 Å². The van der Waals surface area contributed by atoms with Crippen LogP contribution in [0.2, 0.25) is 0 Å². The highest BCUT2D eigenvalue weighted by molar-refractivity contribution is 5.30. The van der Waals surface area contributed by atoms with E-state index in [9.17, 15) is 18.3 Å². The van der Waals surface area contributed by atoms with Gasteiger partial charge >= 0.3 is 12.3 Å². The standard InChI is InChI=1S/C23H21F3O4/c24-23(25,26)30-21-13-7-12-20(16-21)22(27,29-17-19-10-5-2-6-11-19)28-15-14-18-8-3-1-4-9-18/h1-13,16,27H,14-15,17H2/t22-/m1/s1. The van der Waals surface area contributed by atoms with Crippen molar-refractivity contribution >= 4 is 0 Å². The van der Waals surface area contributed by atoms with Crippen molar-refractivity contribution in [3.8, 4) is 5.75 Å². The molecule has 0 radical (unpaired) electrons. The molecule has 3 rings (SSSR count). The topological polar surface area (TPSA) is 47.9 Å². The van der Waals surface area contributed by atoms with Crippen molar-refractivity contribution < 1.29 is 32.5 Å². The van der Waals surface area contributed by atoms with Gasteiger partial charge in [-0.3, -0.25) is 0 Å². The van der Waals surface area contributed by atoms with Crippen molar-refractivity contribution in [2.75, 3.05) is 6.61 Å². The van der Waals surface area contributed by atoms with Crippen LogP contribution in [0.5, 0.6) is 5.75 Å². The summed E-state index contributed by atoms with van der Waals surface area (Å²) < 4.78 is 52.9. The third-order valence-electron chi connectivity index (χ3n) is 4.24. The molecule has 0 aromatic heterocycles. The Labute approximate surface area is 172 Å². The number of hydrogen-bond acceptors (Lipinski definition) is 4. The summed E-state index contributed by atoms with van der Waals surface area (Å²) in [5, 5.41) is 11.1. The molecule has 0 fully saturated rings. The summed E-state index contributed by atoms with van der Waals surface area (Å²) in [4.78, 5) is 0. The van der Waals surface area contributed by atoms with Crippen LogP contribution in [0.15, 0.2) is 84.9 Å². The van der Waals surface area contributed by atoms with E-state index < -0.39 is 18.1 Å². The third-order valence-corrected chi connectivity index (χ3v) is 4.24. The highest BCUT2D eigenvalue weighted by Crippen LogP contribution is 2.31. The molecule has 0 unspecified atom stereocenters. The van der Waals surface area contributed by atoms with Crippen LogP contribution in [-0.4, -0.2) is 18.1 Å². The molecular weight excluding hydrogens is 397 g/mol. The maximum Gasteiger partial charge on any atom is 0.573 e. The van der Waals surface area contributed by atoms with Crippen LogP contribution < -0.4 is 4.74 Å². The van der Waals surface area contributed by atoms with Crippen molar-refractivity contribution in [3.05, 3.63) is 102 Å². The van der Waals surface area contributed by atoms with Gasteiger partial charge in [-0.2, -0.15) is 0 Å². The van der Waals surface area contributed by atoms with Crippen LogP contribution >= 0.6 is 0 Å². The molecule has 0 bridgehead atoms. The number of ether oxygens (including phenoxy) is 3. The summed E-state index contributed by atoms with van der Waals surface area (Å²) in [7, 11) is 0. The average molecular weight is 418 g/mol. The van der Waals surface area contributed by atoms with Crippen LogP contribution in [0, 0.1) is 0 Å². The first-order valence-corrected chi connectivity index (χ1v) is 9.28. The molecule has 0 saturated carbocycles. The lowest BCUT2D eigenvalue weighted by Crippen LogP contribution is -2.34. The van der Waals surface area contributed by atoms with E-state index in [-0.39, 0.29) is 18.8 Å². The predicted octanol–water partition coefficient (Wildman–Crippen LogP) is 5.16. The van der Waals surface area contributed by atoms with Gasteiger partial charge in [-0.1, -0.05) is 72.8 Å². The Morgan fingerprint density at radius 3 is 2.00 bits per heavy atom. The molecule has 4 nitrogen and oxygen atoms in total. The van der Waals surface area contributed by atoms with Gasteiger partial charge in [-0.05, 0) is 29.7 Å². The zero-order valence-electron chi connectivity index (χ0n) is 16.0. The van der Waals surface area contributed by atoms with E-state index in [0.29, 0.717) is 6.42 Å². The molecule has 30 heavy (non-hydrogen) atoms. The Morgan fingerprint density at radius 1 is 0.733 bits per heavy atom. The molecule has 0 aliphatic rings. The molecule has 7 heteroatoms. The minimum atomic E-state index is -4.85. The molecule has 0 aliphatic heterocycles. The molecule has 3 aromatic rings. The fraction of sp³-hybridized carbons (Fsp3) is 0.217. The molecule has 158 valence electrons. The highest BCUT2D eigenvalue weighted by Gasteiger charge is 2.35. The third kappa shape index (κ3) is 6.59. The molecule has 0 aliphatic carbocycles. The van der Waals surface area contributed by atoms with Crippen molar-refractivity contribution in [1.29, 1.82) is 0 Å². The Balaban J connectivity index is 1.78. The van der Waals surface area contributed by atoms with Gasteiger partial charge in [0.15, 0.2) is 0 Å². The van der Waals surface area contributed by atoms with Gasteiger partial charge in [-0.25, -0.2) is 0 Å². The molecule has 1 N–H and O–H groups in total. The highest BCUT2D eigenvalue weighted by atomic mass is 19.4. The second-order valence-corrected chi connectivity index (χ2v) is 6.52. The Bertz CT molecular complexity index is 916. The van der Waals surface area contributed by atoms with Gasteiger partial charge in [0.25, 0.3) is 0 Å². The fourth-order valence-electron chi connectivity index (χ4n) is 2.81. The van der Waals surface area contributed by atoms with Gasteiger partial charge in [0.1, 0.15) is 5.75 Å². The number of aliphatic hydroxyl groups is 1. The minimum absolute atomic E-state index is 0.00626. The van der Waals surface area contributed by atoms with Crippen molar-refractivity contribution in [2.45, 2.75) is 25.4 Å². The normalized spacial score (nSPS) is 13.6. The SMILES string of the molecule is O[C@](OCCc1ccccc1)(OCc1ccccc1)c1cccc(OC(F)(F)F)c1. The number of halogens is 3. The monoisotopic (exact) mass is 418 g/mol. The summed E-state index contributed by atoms with van der Waals surface area (Å²) in [5.41, 5.74) is 1.75. The Kier molecular flexibility index (Phi) is 7.10. The molecule has 1 atom stereocenters. The summed E-state index contributed by atoms with van der Waals surface area (Å²) >= 11 is 0. The number of alkyl halides is 3. The van der Waals surface area contributed by atoms with E-state index in [4.69, 9.17) is 9.47 Å². The van der Waals surface area contributed by atoms with Crippen molar-refractivity contribution in [2.24, 2.45) is 0 Å². The summed E-state index contributed by atoms with van der Waals surface area (Å²) in [6.45, 7) is 0.0761. The molecular formula is C23H21F3O4. The molecule has 0 saturated heterocycles. The summed E-state index contributed by atoms with van der Waals surface area (Å²) in [5.74, 6) is -2.73. The molecule has 0 amide bonds. The lowest BCUT2D eigenvalue weighted by atomic mass is 10.1. The zero-order valence-corrected chi connectivity index (χ0v) is 16.0. The van der Waals surface area contributed by atoms with E-state index in [1.807, 2.05) is 48.5 Å². The average Bonchev–Trinajstić information content (AvgIpc) is 2.73. The van der Waals surface area contributed by atoms with Gasteiger partial charge in [0.2, 0.25) is 0 Å². The first-order valence-electron chi connectivity index (χ1n) is 9.28. The Morgan fingerprint density at radius 2 is 1.37 bits per heavy atom. The lowest BCUT2D eigenvalue weighted by Gasteiger charge is -2.29. The van der Waals surface area contributed by atoms with E-state index in [0.717, 1.165) is 23.3 Å². The van der Waals surface area contributed by atoms with E-state index in [2.05, 4.69) is 4.74 Å². The first-order chi connectivity index (χ1) is 14.3. The summed E-state index contributed by atoms with van der Waals surface area (Å²) in [6, 6.07) is 23.4. The largest absolute Gasteiger partial charge is 0.573 e. The quantitative estimate of drug-likeness (QED) is 0.488. The smallest absolute Gasteiger partial charge is 0.406 e. The van der Waals surface area contributed by atoms with Gasteiger partial charge in [0, 0.05) is 5.56 Å². The lowest BCUT2D eigenvalue weighted by molar-refractivity contribution is -0.378. The minimum Gasteiger partial charge on any atom is -0.406 e.